The van der Waals surface area contributed by atoms with Crippen molar-refractivity contribution in [2.45, 2.75) is 19.3 Å². The summed E-state index contributed by atoms with van der Waals surface area (Å²) in [6, 6.07) is 5.46. The molecule has 2 rings (SSSR count). The zero-order chi connectivity index (χ0) is 13.0. The van der Waals surface area contributed by atoms with E-state index in [2.05, 4.69) is 4.98 Å². The van der Waals surface area contributed by atoms with Gasteiger partial charge in [0.25, 0.3) is 0 Å². The van der Waals surface area contributed by atoms with E-state index >= 15 is 0 Å². The number of carboxylic acids is 1. The van der Waals surface area contributed by atoms with Gasteiger partial charge in [-0.05, 0) is 25.0 Å². The molecule has 0 bridgehead atoms. The van der Waals surface area contributed by atoms with Crippen LogP contribution in [0.4, 0.5) is 0 Å². The Balaban J connectivity index is 2.12. The van der Waals surface area contributed by atoms with Crippen molar-refractivity contribution in [3.63, 3.8) is 0 Å². The standard InChI is InChI=1S/C13H15NO4/c15-11-5-8-18-9-13(11,12(16)17)6-4-10-3-1-2-7-14-10/h1-3,7H,4-6,8-9H2,(H,16,17). The van der Waals surface area contributed by atoms with Crippen LogP contribution in [0.1, 0.15) is 18.5 Å². The lowest BCUT2D eigenvalue weighted by Gasteiger charge is -2.31. The molecule has 2 heterocycles. The molecule has 1 unspecified atom stereocenters. The highest BCUT2D eigenvalue weighted by Gasteiger charge is 2.47. The summed E-state index contributed by atoms with van der Waals surface area (Å²) in [6.07, 6.45) is 2.52. The van der Waals surface area contributed by atoms with Gasteiger partial charge in [-0.25, -0.2) is 0 Å². The smallest absolute Gasteiger partial charge is 0.319 e. The SMILES string of the molecule is O=C(O)C1(CCc2ccccn2)COCCC1=O. The molecule has 0 aliphatic carbocycles. The van der Waals surface area contributed by atoms with Gasteiger partial charge in [-0.1, -0.05) is 6.07 Å². The number of Topliss-reactive ketones (excluding diaryl/α,β-unsaturated/α-hetero) is 1. The van der Waals surface area contributed by atoms with Crippen molar-refractivity contribution in [2.75, 3.05) is 13.2 Å². The van der Waals surface area contributed by atoms with Crippen molar-refractivity contribution in [2.24, 2.45) is 5.41 Å². The highest BCUT2D eigenvalue weighted by molar-refractivity contribution is 6.03. The number of nitrogens with zero attached hydrogens (tertiary/aromatic N) is 1. The molecule has 1 N–H and O–H groups in total. The molecular formula is C13H15NO4. The van der Waals surface area contributed by atoms with Gasteiger partial charge in [0.2, 0.25) is 0 Å². The number of aliphatic carboxylic acids is 1. The molecule has 1 fully saturated rings. The number of rotatable bonds is 4. The van der Waals surface area contributed by atoms with Gasteiger partial charge in [0, 0.05) is 18.3 Å². The van der Waals surface area contributed by atoms with E-state index in [-0.39, 0.29) is 25.2 Å². The van der Waals surface area contributed by atoms with Gasteiger partial charge in [0.1, 0.15) is 5.41 Å². The number of pyridine rings is 1. The first-order valence-electron chi connectivity index (χ1n) is 5.89. The first-order chi connectivity index (χ1) is 8.65. The summed E-state index contributed by atoms with van der Waals surface area (Å²) < 4.78 is 5.18. The van der Waals surface area contributed by atoms with E-state index in [9.17, 15) is 14.7 Å². The van der Waals surface area contributed by atoms with Gasteiger partial charge >= 0.3 is 5.97 Å². The first kappa shape index (κ1) is 12.7. The molecule has 0 amide bonds. The average molecular weight is 249 g/mol. The third kappa shape index (κ3) is 2.41. The van der Waals surface area contributed by atoms with Gasteiger partial charge in [-0.15, -0.1) is 0 Å². The second-order valence-corrected chi connectivity index (χ2v) is 4.43. The molecule has 5 heteroatoms. The summed E-state index contributed by atoms with van der Waals surface area (Å²) in [6.45, 7) is 0.283. The van der Waals surface area contributed by atoms with Crippen molar-refractivity contribution in [1.82, 2.24) is 4.98 Å². The molecule has 1 aliphatic rings. The van der Waals surface area contributed by atoms with E-state index in [1.165, 1.54) is 0 Å². The largest absolute Gasteiger partial charge is 0.480 e. The maximum absolute atomic E-state index is 11.9. The molecule has 1 saturated heterocycles. The summed E-state index contributed by atoms with van der Waals surface area (Å²) in [4.78, 5) is 27.4. The maximum atomic E-state index is 11.9. The van der Waals surface area contributed by atoms with Crippen LogP contribution in [0.2, 0.25) is 0 Å². The van der Waals surface area contributed by atoms with E-state index in [0.29, 0.717) is 13.0 Å². The van der Waals surface area contributed by atoms with Crippen molar-refractivity contribution < 1.29 is 19.4 Å². The van der Waals surface area contributed by atoms with Gasteiger partial charge in [-0.3, -0.25) is 14.6 Å². The number of ketones is 1. The number of carbonyl (C=O) groups is 2. The van der Waals surface area contributed by atoms with Gasteiger partial charge in [-0.2, -0.15) is 0 Å². The number of aromatic nitrogens is 1. The van der Waals surface area contributed by atoms with Gasteiger partial charge in [0.05, 0.1) is 13.2 Å². The molecule has 1 atom stereocenters. The van der Waals surface area contributed by atoms with Crippen LogP contribution < -0.4 is 0 Å². The van der Waals surface area contributed by atoms with E-state index in [1.54, 1.807) is 12.3 Å². The lowest BCUT2D eigenvalue weighted by atomic mass is 9.77. The second kappa shape index (κ2) is 5.27. The number of aryl methyl sites for hydroxylation is 1. The third-order valence-electron chi connectivity index (χ3n) is 3.30. The van der Waals surface area contributed by atoms with E-state index < -0.39 is 11.4 Å². The van der Waals surface area contributed by atoms with Crippen LogP contribution in [-0.2, 0) is 20.7 Å². The second-order valence-electron chi connectivity index (χ2n) is 4.43. The predicted molar refractivity (Wildman–Crippen MR) is 63.1 cm³/mol. The van der Waals surface area contributed by atoms with Crippen LogP contribution in [0.3, 0.4) is 0 Å². The van der Waals surface area contributed by atoms with E-state index in [4.69, 9.17) is 4.74 Å². The predicted octanol–water partition coefficient (Wildman–Crippen LogP) is 1.07. The minimum absolute atomic E-state index is 0.0337. The van der Waals surface area contributed by atoms with Crippen molar-refractivity contribution in [3.8, 4) is 0 Å². The Labute approximate surface area is 105 Å². The summed E-state index contributed by atoms with van der Waals surface area (Å²) in [7, 11) is 0. The molecule has 0 radical (unpaired) electrons. The number of carboxylic acid groups (broad SMARTS) is 1. The van der Waals surface area contributed by atoms with E-state index in [1.807, 2.05) is 12.1 Å². The Morgan fingerprint density at radius 1 is 1.50 bits per heavy atom. The molecule has 18 heavy (non-hydrogen) atoms. The fraction of sp³-hybridized carbons (Fsp3) is 0.462. The van der Waals surface area contributed by atoms with Crippen molar-refractivity contribution in [3.05, 3.63) is 30.1 Å². The summed E-state index contributed by atoms with van der Waals surface area (Å²) in [5, 5.41) is 9.32. The topological polar surface area (TPSA) is 76.5 Å². The fourth-order valence-corrected chi connectivity index (χ4v) is 2.12. The molecule has 1 aliphatic heterocycles. The summed E-state index contributed by atoms with van der Waals surface area (Å²) in [5.74, 6) is -1.33. The summed E-state index contributed by atoms with van der Waals surface area (Å²) in [5.41, 5.74) is -0.605. The normalized spacial score (nSPS) is 23.9. The van der Waals surface area contributed by atoms with Crippen LogP contribution in [0.15, 0.2) is 24.4 Å². The Morgan fingerprint density at radius 2 is 2.33 bits per heavy atom. The highest BCUT2D eigenvalue weighted by Crippen LogP contribution is 2.30. The van der Waals surface area contributed by atoms with E-state index in [0.717, 1.165) is 5.69 Å². The molecule has 1 aromatic rings. The van der Waals surface area contributed by atoms with Crippen molar-refractivity contribution >= 4 is 11.8 Å². The number of hydrogen-bond donors (Lipinski definition) is 1. The van der Waals surface area contributed by atoms with Crippen LogP contribution in [0, 0.1) is 5.41 Å². The molecule has 1 aromatic heterocycles. The lowest BCUT2D eigenvalue weighted by Crippen LogP contribution is -2.47. The van der Waals surface area contributed by atoms with Crippen LogP contribution >= 0.6 is 0 Å². The lowest BCUT2D eigenvalue weighted by molar-refractivity contribution is -0.165. The third-order valence-corrected chi connectivity index (χ3v) is 3.30. The van der Waals surface area contributed by atoms with Crippen LogP contribution in [0.5, 0.6) is 0 Å². The Kier molecular flexibility index (Phi) is 3.72. The monoisotopic (exact) mass is 249 g/mol. The minimum Gasteiger partial charge on any atom is -0.480 e. The molecular weight excluding hydrogens is 234 g/mol. The molecule has 0 aromatic carbocycles. The highest BCUT2D eigenvalue weighted by atomic mass is 16.5. The fourth-order valence-electron chi connectivity index (χ4n) is 2.12. The minimum atomic E-state index is -1.39. The van der Waals surface area contributed by atoms with Crippen molar-refractivity contribution in [1.29, 1.82) is 0 Å². The van der Waals surface area contributed by atoms with Crippen LogP contribution in [-0.4, -0.2) is 35.1 Å². The van der Waals surface area contributed by atoms with Gasteiger partial charge in [0.15, 0.2) is 5.78 Å². The zero-order valence-corrected chi connectivity index (χ0v) is 9.96. The molecule has 0 saturated carbocycles. The molecule has 0 spiro atoms. The maximum Gasteiger partial charge on any atom is 0.319 e. The molecule has 96 valence electrons. The number of hydrogen-bond acceptors (Lipinski definition) is 4. The summed E-state index contributed by atoms with van der Waals surface area (Å²) >= 11 is 0. The Bertz CT molecular complexity index is 446. The average Bonchev–Trinajstić information content (AvgIpc) is 2.39. The zero-order valence-electron chi connectivity index (χ0n) is 9.96. The number of ether oxygens (including phenoxy) is 1. The van der Waals surface area contributed by atoms with Crippen LogP contribution in [0.25, 0.3) is 0 Å². The Morgan fingerprint density at radius 3 is 2.94 bits per heavy atom. The quantitative estimate of drug-likeness (QED) is 0.808. The Hall–Kier alpha value is -1.75. The first-order valence-corrected chi connectivity index (χ1v) is 5.89. The number of carbonyl (C=O) groups excluding carboxylic acids is 1. The van der Waals surface area contributed by atoms with Gasteiger partial charge < -0.3 is 9.84 Å². The molecule has 5 nitrogen and oxygen atoms in total.